The molecule has 0 unspecified atom stereocenters. The summed E-state index contributed by atoms with van der Waals surface area (Å²) in [4.78, 5) is 34.7. The molecule has 4 rings (SSSR count). The Labute approximate surface area is 201 Å². The molecule has 0 saturated carbocycles. The van der Waals surface area contributed by atoms with Crippen molar-refractivity contribution < 1.29 is 14.7 Å². The molecule has 0 aliphatic carbocycles. The van der Waals surface area contributed by atoms with Gasteiger partial charge in [0.2, 0.25) is 0 Å². The number of pyridine rings is 1. The summed E-state index contributed by atoms with van der Waals surface area (Å²) in [7, 11) is 1.90. The summed E-state index contributed by atoms with van der Waals surface area (Å²) in [6.45, 7) is 0.454. The number of carbonyl (C=O) groups is 2. The number of amides is 1. The molecule has 0 spiro atoms. The topological polar surface area (TPSA) is 150 Å². The molecule has 0 aliphatic heterocycles. The van der Waals surface area contributed by atoms with Crippen LogP contribution in [0.2, 0.25) is 0 Å². The number of amidine groups is 1. The fourth-order valence-electron chi connectivity index (χ4n) is 3.69. The van der Waals surface area contributed by atoms with Gasteiger partial charge in [0.15, 0.2) is 0 Å². The van der Waals surface area contributed by atoms with Gasteiger partial charge in [-0.15, -0.1) is 0 Å². The van der Waals surface area contributed by atoms with Crippen molar-refractivity contribution in [3.63, 3.8) is 0 Å². The predicted octanol–water partition coefficient (Wildman–Crippen LogP) is 2.99. The molecule has 5 N–H and O–H groups in total. The summed E-state index contributed by atoms with van der Waals surface area (Å²) in [6.07, 6.45) is 1.36. The molecule has 10 nitrogen and oxygen atoms in total. The number of carbonyl (C=O) groups excluding carboxylic acids is 1. The van der Waals surface area contributed by atoms with Crippen LogP contribution in [0, 0.1) is 5.41 Å². The van der Waals surface area contributed by atoms with Gasteiger partial charge in [0.25, 0.3) is 5.91 Å². The second-order valence-corrected chi connectivity index (χ2v) is 7.92. The average Bonchev–Trinajstić information content (AvgIpc) is 3.18. The number of imidazole rings is 1. The second-order valence-electron chi connectivity index (χ2n) is 7.92. The molecule has 35 heavy (non-hydrogen) atoms. The van der Waals surface area contributed by atoms with E-state index in [1.54, 1.807) is 48.7 Å². The van der Waals surface area contributed by atoms with Crippen molar-refractivity contribution in [2.24, 2.45) is 12.8 Å². The van der Waals surface area contributed by atoms with Crippen LogP contribution in [0.1, 0.15) is 28.2 Å². The van der Waals surface area contributed by atoms with Crippen molar-refractivity contribution in [1.82, 2.24) is 14.5 Å². The van der Waals surface area contributed by atoms with Gasteiger partial charge in [-0.2, -0.15) is 0 Å². The summed E-state index contributed by atoms with van der Waals surface area (Å²) in [6, 6.07) is 17.6. The Hall–Kier alpha value is -4.73. The normalized spacial score (nSPS) is 10.8. The third kappa shape index (κ3) is 5.27. The molecule has 1 amide bonds. The quantitative estimate of drug-likeness (QED) is 0.214. The zero-order valence-electron chi connectivity index (χ0n) is 19.1. The number of nitrogens with one attached hydrogen (secondary N) is 2. The maximum atomic E-state index is 13.3. The molecule has 0 aliphatic rings. The highest BCUT2D eigenvalue weighted by molar-refractivity contribution is 6.07. The highest BCUT2D eigenvalue weighted by atomic mass is 16.4. The first-order valence-electron chi connectivity index (χ1n) is 10.9. The fraction of sp³-hybridized carbons (Fsp3) is 0.160. The van der Waals surface area contributed by atoms with Crippen LogP contribution >= 0.6 is 0 Å². The SMILES string of the molecule is Cn1c(CN[13c]2[13cH][13cH][13c](C(=N)N)[13cH][13cH]2)nc2cc(C(=O)N(CCC(=O)O)c3ccccn3)ccc21. The van der Waals surface area contributed by atoms with E-state index in [4.69, 9.17) is 16.2 Å². The number of fused-ring (bicyclic) bond motifs is 1. The van der Waals surface area contributed by atoms with Crippen LogP contribution < -0.4 is 16.0 Å². The molecule has 0 bridgehead atoms. The number of nitrogen functional groups attached to an aromatic ring is 1. The zero-order chi connectivity index (χ0) is 24.9. The number of aromatic nitrogens is 3. The van der Waals surface area contributed by atoms with E-state index in [0.29, 0.717) is 29.0 Å². The monoisotopic (exact) mass is 477 g/mol. The molecular formula is C25H25N7O3. The van der Waals surface area contributed by atoms with Gasteiger partial charge in [-0.1, -0.05) is 6.07 Å². The Kier molecular flexibility index (Phi) is 6.72. The average molecular weight is 477 g/mol. The first kappa shape index (κ1) is 23.4. The van der Waals surface area contributed by atoms with Crippen molar-refractivity contribution in [3.8, 4) is 0 Å². The molecule has 0 radical (unpaired) electrons. The van der Waals surface area contributed by atoms with E-state index in [9.17, 15) is 9.59 Å². The first-order chi connectivity index (χ1) is 16.8. The number of benzene rings is 2. The molecule has 0 saturated heterocycles. The minimum absolute atomic E-state index is 0.00300. The number of aliphatic carboxylic acids is 1. The lowest BCUT2D eigenvalue weighted by atomic mass is 10.1. The van der Waals surface area contributed by atoms with E-state index < -0.39 is 5.97 Å². The van der Waals surface area contributed by atoms with Crippen molar-refractivity contribution in [3.05, 3.63) is 83.8 Å². The van der Waals surface area contributed by atoms with E-state index in [-0.39, 0.29) is 24.7 Å². The summed E-state index contributed by atoms with van der Waals surface area (Å²) in [5.74, 6) is -0.162. The number of hydrogen-bond acceptors (Lipinski definition) is 6. The third-order valence-electron chi connectivity index (χ3n) is 5.59. The van der Waals surface area contributed by atoms with Crippen LogP contribution in [-0.4, -0.2) is 43.9 Å². The van der Waals surface area contributed by atoms with Crippen LogP contribution in [0.5, 0.6) is 0 Å². The van der Waals surface area contributed by atoms with Gasteiger partial charge in [0.05, 0.1) is 24.0 Å². The number of nitrogens with two attached hydrogens (primary N) is 1. The van der Waals surface area contributed by atoms with E-state index in [2.05, 4.69) is 15.3 Å². The summed E-state index contributed by atoms with van der Waals surface area (Å²) in [5, 5.41) is 19.9. The van der Waals surface area contributed by atoms with Crippen LogP contribution in [0.15, 0.2) is 66.9 Å². The number of anilines is 2. The molecule has 2 heterocycles. The van der Waals surface area contributed by atoms with E-state index in [0.717, 1.165) is 17.0 Å². The van der Waals surface area contributed by atoms with Gasteiger partial charge >= 0.3 is 5.97 Å². The lowest BCUT2D eigenvalue weighted by Crippen LogP contribution is -2.33. The van der Waals surface area contributed by atoms with E-state index in [1.165, 1.54) is 4.90 Å². The summed E-state index contributed by atoms with van der Waals surface area (Å²) >= 11 is 0. The third-order valence-corrected chi connectivity index (χ3v) is 5.59. The summed E-state index contributed by atoms with van der Waals surface area (Å²) < 4.78 is 1.95. The lowest BCUT2D eigenvalue weighted by molar-refractivity contribution is -0.136. The van der Waals surface area contributed by atoms with Crippen molar-refractivity contribution >= 4 is 40.3 Å². The van der Waals surface area contributed by atoms with Gasteiger partial charge < -0.3 is 20.7 Å². The molecule has 4 aromatic rings. The second kappa shape index (κ2) is 10.0. The van der Waals surface area contributed by atoms with Gasteiger partial charge in [0.1, 0.15) is 17.5 Å². The van der Waals surface area contributed by atoms with Crippen LogP contribution in [-0.2, 0) is 18.4 Å². The molecule has 10 heteroatoms. The molecular weight excluding hydrogens is 452 g/mol. The van der Waals surface area contributed by atoms with E-state index >= 15 is 0 Å². The maximum absolute atomic E-state index is 13.3. The Morgan fingerprint density at radius 1 is 1.11 bits per heavy atom. The van der Waals surface area contributed by atoms with Gasteiger partial charge in [-0.05, 0) is 54.6 Å². The highest BCUT2D eigenvalue weighted by Gasteiger charge is 2.21. The number of carboxylic acid groups (broad SMARTS) is 1. The van der Waals surface area contributed by atoms with Gasteiger partial charge in [-0.3, -0.25) is 19.9 Å². The van der Waals surface area contributed by atoms with Crippen molar-refractivity contribution in [2.45, 2.75) is 13.0 Å². The fourth-order valence-corrected chi connectivity index (χ4v) is 3.69. The smallest absolute Gasteiger partial charge is 0.305 e. The Balaban J connectivity index is 1.56. The molecule has 0 atom stereocenters. The van der Waals surface area contributed by atoms with Crippen molar-refractivity contribution in [1.29, 1.82) is 5.41 Å². The van der Waals surface area contributed by atoms with Crippen LogP contribution in [0.3, 0.4) is 0 Å². The van der Waals surface area contributed by atoms with E-state index in [1.807, 2.05) is 29.8 Å². The van der Waals surface area contributed by atoms with Crippen molar-refractivity contribution in [2.75, 3.05) is 16.8 Å². The minimum Gasteiger partial charge on any atom is -0.481 e. The largest absolute Gasteiger partial charge is 0.481 e. The minimum atomic E-state index is -0.994. The number of aryl methyl sites for hydroxylation is 1. The first-order valence-corrected chi connectivity index (χ1v) is 10.9. The summed E-state index contributed by atoms with van der Waals surface area (Å²) in [5.41, 5.74) is 8.92. The predicted molar refractivity (Wildman–Crippen MR) is 134 cm³/mol. The number of carboxylic acids is 1. The number of nitrogens with zero attached hydrogens (tertiary/aromatic N) is 4. The zero-order valence-corrected chi connectivity index (χ0v) is 19.1. The molecule has 0 fully saturated rings. The maximum Gasteiger partial charge on any atom is 0.305 e. The Morgan fingerprint density at radius 2 is 1.86 bits per heavy atom. The Bertz CT molecular complexity index is 1380. The van der Waals surface area contributed by atoms with Crippen LogP contribution in [0.25, 0.3) is 11.0 Å². The lowest BCUT2D eigenvalue weighted by Gasteiger charge is -2.21. The molecule has 2 aromatic heterocycles. The Morgan fingerprint density at radius 3 is 2.51 bits per heavy atom. The highest BCUT2D eigenvalue weighted by Crippen LogP contribution is 2.21. The van der Waals surface area contributed by atoms with Crippen LogP contribution in [0.4, 0.5) is 11.5 Å². The van der Waals surface area contributed by atoms with Gasteiger partial charge in [0, 0.05) is 36.6 Å². The number of hydrogen-bond donors (Lipinski definition) is 4. The standard InChI is InChI=1S/C25H25N7O3/c1-31-20-10-7-17(25(35)32(13-11-23(33)34)21-4-2-3-12-28-21)14-19(20)30-22(31)15-29-18-8-5-16(6-9-18)24(26)27/h2-10,12,14,29H,11,13,15H2,1H3,(H3,26,27)(H,33,34)/i5+1,6+1,8+1,9+1,16+1,18+1. The molecule has 178 valence electrons. The molecule has 2 aromatic carbocycles. The van der Waals surface area contributed by atoms with Gasteiger partial charge in [-0.25, -0.2) is 9.97 Å². The number of rotatable bonds is 9.